The summed E-state index contributed by atoms with van der Waals surface area (Å²) < 4.78 is 94.6. The Labute approximate surface area is 160 Å². The highest BCUT2D eigenvalue weighted by Crippen LogP contribution is 2.30. The summed E-state index contributed by atoms with van der Waals surface area (Å²) in [5.41, 5.74) is -0.933. The quantitative estimate of drug-likeness (QED) is 0.694. The number of alkyl halides is 3. The Balaban J connectivity index is 1.70. The number of hydrogen-bond acceptors (Lipinski definition) is 5. The van der Waals surface area contributed by atoms with E-state index in [1.165, 1.54) is 18.4 Å². The Morgan fingerprint density at radius 2 is 1.82 bits per heavy atom. The van der Waals surface area contributed by atoms with Crippen molar-refractivity contribution in [1.29, 1.82) is 0 Å². The van der Waals surface area contributed by atoms with Crippen LogP contribution in [-0.4, -0.2) is 39.5 Å². The van der Waals surface area contributed by atoms with Gasteiger partial charge in [-0.1, -0.05) is 18.2 Å². The van der Waals surface area contributed by atoms with Crippen LogP contribution in [0.1, 0.15) is 23.3 Å². The second kappa shape index (κ2) is 7.53. The molecular weight excluding hydrogens is 419 g/mol. The van der Waals surface area contributed by atoms with E-state index < -0.39 is 42.6 Å². The number of sulfonamides is 1. The number of rotatable bonds is 6. The van der Waals surface area contributed by atoms with Crippen molar-refractivity contribution in [2.75, 3.05) is 13.1 Å². The second-order valence-electron chi connectivity index (χ2n) is 6.61. The van der Waals surface area contributed by atoms with Crippen LogP contribution in [0.2, 0.25) is 0 Å². The standard InChI is InChI=1S/C17H18F3NO5S2/c18-17(19,20)14-4-1-3-13(9-14)11-28(24,25)21-7-6-16(10-21)27(22,23)12-15-5-2-8-26-15/h1-5,8-9,16H,6-7,10-12H2. The van der Waals surface area contributed by atoms with Crippen LogP contribution in [0.4, 0.5) is 13.2 Å². The van der Waals surface area contributed by atoms with E-state index in [2.05, 4.69) is 0 Å². The number of sulfone groups is 1. The van der Waals surface area contributed by atoms with Gasteiger partial charge in [-0.15, -0.1) is 0 Å². The smallest absolute Gasteiger partial charge is 0.416 e. The average molecular weight is 437 g/mol. The SMILES string of the molecule is O=S(=O)(Cc1ccco1)C1CCN(S(=O)(=O)Cc2cccc(C(F)(F)F)c2)C1. The van der Waals surface area contributed by atoms with Crippen molar-refractivity contribution in [2.24, 2.45) is 0 Å². The zero-order chi connectivity index (χ0) is 20.6. The summed E-state index contributed by atoms with van der Waals surface area (Å²) in [5.74, 6) is -0.682. The predicted molar refractivity (Wildman–Crippen MR) is 95.4 cm³/mol. The minimum atomic E-state index is -4.57. The molecule has 1 aromatic heterocycles. The Hall–Kier alpha value is -1.85. The van der Waals surface area contributed by atoms with Crippen molar-refractivity contribution in [3.63, 3.8) is 0 Å². The maximum Gasteiger partial charge on any atom is 0.416 e. The van der Waals surface area contributed by atoms with Gasteiger partial charge in [-0.25, -0.2) is 21.1 Å². The molecule has 154 valence electrons. The Morgan fingerprint density at radius 3 is 2.46 bits per heavy atom. The average Bonchev–Trinajstić information content (AvgIpc) is 3.25. The summed E-state index contributed by atoms with van der Waals surface area (Å²) in [5, 5.41) is -0.881. The molecule has 0 bridgehead atoms. The summed E-state index contributed by atoms with van der Waals surface area (Å²) in [4.78, 5) is 0. The molecular formula is C17H18F3NO5S2. The minimum absolute atomic E-state index is 0.00304. The van der Waals surface area contributed by atoms with E-state index in [0.29, 0.717) is 0 Å². The van der Waals surface area contributed by atoms with Gasteiger partial charge in [0.05, 0.1) is 22.8 Å². The first kappa shape index (κ1) is 20.9. The Morgan fingerprint density at radius 1 is 1.07 bits per heavy atom. The highest BCUT2D eigenvalue weighted by Gasteiger charge is 2.39. The molecule has 1 unspecified atom stereocenters. The van der Waals surface area contributed by atoms with Crippen molar-refractivity contribution >= 4 is 19.9 Å². The number of nitrogens with zero attached hydrogens (tertiary/aromatic N) is 1. The van der Waals surface area contributed by atoms with Gasteiger partial charge in [-0.3, -0.25) is 0 Å². The van der Waals surface area contributed by atoms with E-state index in [9.17, 15) is 30.0 Å². The molecule has 1 fully saturated rings. The fourth-order valence-corrected chi connectivity index (χ4v) is 6.43. The van der Waals surface area contributed by atoms with Gasteiger partial charge in [-0.05, 0) is 30.2 Å². The third-order valence-corrected chi connectivity index (χ3v) is 8.44. The maximum atomic E-state index is 12.8. The lowest BCUT2D eigenvalue weighted by Gasteiger charge is -2.17. The number of halogens is 3. The molecule has 0 radical (unpaired) electrons. The lowest BCUT2D eigenvalue weighted by atomic mass is 10.1. The first-order chi connectivity index (χ1) is 13.0. The van der Waals surface area contributed by atoms with E-state index in [1.807, 2.05) is 0 Å². The molecule has 0 saturated carbocycles. The second-order valence-corrected chi connectivity index (χ2v) is 10.9. The van der Waals surface area contributed by atoms with Gasteiger partial charge in [0.15, 0.2) is 9.84 Å². The van der Waals surface area contributed by atoms with Crippen LogP contribution in [0.5, 0.6) is 0 Å². The summed E-state index contributed by atoms with van der Waals surface area (Å²) in [6, 6.07) is 7.18. The van der Waals surface area contributed by atoms with Gasteiger partial charge in [0.2, 0.25) is 10.0 Å². The molecule has 2 aromatic rings. The summed E-state index contributed by atoms with van der Waals surface area (Å²) in [6.45, 7) is -0.215. The lowest BCUT2D eigenvalue weighted by Crippen LogP contribution is -2.33. The third-order valence-electron chi connectivity index (χ3n) is 4.54. The van der Waals surface area contributed by atoms with Crippen LogP contribution >= 0.6 is 0 Å². The number of hydrogen-bond donors (Lipinski definition) is 0. The molecule has 1 aliphatic rings. The van der Waals surface area contributed by atoms with Gasteiger partial charge in [-0.2, -0.15) is 13.2 Å². The molecule has 0 aliphatic carbocycles. The van der Waals surface area contributed by atoms with Crippen molar-refractivity contribution in [3.05, 3.63) is 59.5 Å². The zero-order valence-corrected chi connectivity index (χ0v) is 16.2. The Kier molecular flexibility index (Phi) is 5.61. The van der Waals surface area contributed by atoms with Crippen LogP contribution in [-0.2, 0) is 37.5 Å². The first-order valence-corrected chi connectivity index (χ1v) is 11.7. The predicted octanol–water partition coefficient (Wildman–Crippen LogP) is 2.82. The molecule has 11 heteroatoms. The largest absolute Gasteiger partial charge is 0.468 e. The molecule has 0 spiro atoms. The topological polar surface area (TPSA) is 84.7 Å². The summed E-state index contributed by atoms with van der Waals surface area (Å²) in [7, 11) is -7.58. The van der Waals surface area contributed by atoms with Gasteiger partial charge < -0.3 is 4.42 Å². The van der Waals surface area contributed by atoms with Crippen molar-refractivity contribution in [1.82, 2.24) is 4.31 Å². The molecule has 1 aliphatic heterocycles. The van der Waals surface area contributed by atoms with Gasteiger partial charge >= 0.3 is 6.18 Å². The van der Waals surface area contributed by atoms with Gasteiger partial charge in [0.1, 0.15) is 11.5 Å². The van der Waals surface area contributed by atoms with Crippen LogP contribution < -0.4 is 0 Å². The summed E-state index contributed by atoms with van der Waals surface area (Å²) in [6.07, 6.45) is -3.09. The third kappa shape index (κ3) is 4.76. The molecule has 1 aromatic carbocycles. The van der Waals surface area contributed by atoms with E-state index in [0.717, 1.165) is 22.5 Å². The van der Waals surface area contributed by atoms with Gasteiger partial charge in [0.25, 0.3) is 0 Å². The van der Waals surface area contributed by atoms with Crippen LogP contribution in [0, 0.1) is 0 Å². The first-order valence-electron chi connectivity index (χ1n) is 8.35. The van der Waals surface area contributed by atoms with Crippen molar-refractivity contribution in [2.45, 2.75) is 29.4 Å². The normalized spacial score (nSPS) is 19.2. The van der Waals surface area contributed by atoms with Crippen LogP contribution in [0.3, 0.4) is 0 Å². The fourth-order valence-electron chi connectivity index (χ4n) is 3.09. The van der Waals surface area contributed by atoms with Gasteiger partial charge in [0, 0.05) is 13.1 Å². The van der Waals surface area contributed by atoms with E-state index in [-0.39, 0.29) is 36.6 Å². The molecule has 6 nitrogen and oxygen atoms in total. The Bertz CT molecular complexity index is 1030. The molecule has 0 amide bonds. The molecule has 1 saturated heterocycles. The molecule has 3 rings (SSSR count). The molecule has 2 heterocycles. The molecule has 1 atom stereocenters. The highest BCUT2D eigenvalue weighted by molar-refractivity contribution is 7.91. The number of benzene rings is 1. The van der Waals surface area contributed by atoms with E-state index in [4.69, 9.17) is 4.42 Å². The van der Waals surface area contributed by atoms with Crippen LogP contribution in [0.25, 0.3) is 0 Å². The van der Waals surface area contributed by atoms with Crippen LogP contribution in [0.15, 0.2) is 47.1 Å². The van der Waals surface area contributed by atoms with Crippen molar-refractivity contribution in [3.8, 4) is 0 Å². The van der Waals surface area contributed by atoms with E-state index in [1.54, 1.807) is 6.07 Å². The zero-order valence-electron chi connectivity index (χ0n) is 14.6. The van der Waals surface area contributed by atoms with E-state index >= 15 is 0 Å². The number of furan rings is 1. The maximum absolute atomic E-state index is 12.8. The van der Waals surface area contributed by atoms with Crippen molar-refractivity contribution < 1.29 is 34.4 Å². The fraction of sp³-hybridized carbons (Fsp3) is 0.412. The minimum Gasteiger partial charge on any atom is -0.468 e. The molecule has 28 heavy (non-hydrogen) atoms. The lowest BCUT2D eigenvalue weighted by molar-refractivity contribution is -0.137. The molecule has 0 N–H and O–H groups in total. The highest BCUT2D eigenvalue weighted by atomic mass is 32.2. The monoisotopic (exact) mass is 437 g/mol. The summed E-state index contributed by atoms with van der Waals surface area (Å²) >= 11 is 0.